The Morgan fingerprint density at radius 3 is 2.48 bits per heavy atom. The average molecular weight is 437 g/mol. The predicted octanol–water partition coefficient (Wildman–Crippen LogP) is 6.00. The molecule has 5 rings (SSSR count). The van der Waals surface area contributed by atoms with Crippen molar-refractivity contribution in [1.82, 2.24) is 14.4 Å². The molecule has 0 spiro atoms. The quantitative estimate of drug-likeness (QED) is 0.365. The highest BCUT2D eigenvalue weighted by Gasteiger charge is 2.22. The minimum absolute atomic E-state index is 0.144. The Morgan fingerprint density at radius 2 is 1.76 bits per heavy atom. The van der Waals surface area contributed by atoms with Gasteiger partial charge in [-0.25, -0.2) is 14.8 Å². The van der Waals surface area contributed by atoms with E-state index >= 15 is 0 Å². The highest BCUT2D eigenvalue weighted by Crippen LogP contribution is 2.36. The highest BCUT2D eigenvalue weighted by molar-refractivity contribution is 6.07. The number of benzene rings is 2. The van der Waals surface area contributed by atoms with Crippen LogP contribution in [0.2, 0.25) is 0 Å². The Balaban J connectivity index is 1.70. The summed E-state index contributed by atoms with van der Waals surface area (Å²) in [6.07, 6.45) is 1.68. The largest absolute Gasteiger partial charge is 0.485 e. The third-order valence-corrected chi connectivity index (χ3v) is 5.94. The van der Waals surface area contributed by atoms with Crippen LogP contribution in [0, 0.1) is 13.8 Å². The normalized spacial score (nSPS) is 12.2. The van der Waals surface area contributed by atoms with Crippen LogP contribution in [0.3, 0.4) is 0 Å². The summed E-state index contributed by atoms with van der Waals surface area (Å²) in [5.41, 5.74) is 5.49. The lowest BCUT2D eigenvalue weighted by Gasteiger charge is -2.18. The standard InChI is InChI=1S/C27H23N3O3/c1-16-12-13-22(33-18(3)19-9-5-4-6-10-19)24-20(27(31)32)15-21(28-25(16)24)26-17(2)30-14-8-7-11-23(30)29-26/h4-15,18H,1-3H3,(H,31,32)/t18-/m0/s1. The molecule has 1 atom stereocenters. The van der Waals surface area contributed by atoms with Gasteiger partial charge in [0.15, 0.2) is 0 Å². The fourth-order valence-corrected chi connectivity index (χ4v) is 4.17. The number of fused-ring (bicyclic) bond motifs is 2. The number of aromatic nitrogens is 3. The maximum Gasteiger partial charge on any atom is 0.336 e. The molecule has 1 N–H and O–H groups in total. The number of carbonyl (C=O) groups is 1. The summed E-state index contributed by atoms with van der Waals surface area (Å²) >= 11 is 0. The summed E-state index contributed by atoms with van der Waals surface area (Å²) < 4.78 is 8.22. The second-order valence-corrected chi connectivity index (χ2v) is 8.11. The monoisotopic (exact) mass is 437 g/mol. The lowest BCUT2D eigenvalue weighted by Crippen LogP contribution is -2.07. The van der Waals surface area contributed by atoms with Crippen LogP contribution in [0.25, 0.3) is 27.9 Å². The van der Waals surface area contributed by atoms with E-state index in [-0.39, 0.29) is 11.7 Å². The van der Waals surface area contributed by atoms with Crippen LogP contribution in [0.5, 0.6) is 5.75 Å². The number of carboxylic acids is 1. The second kappa shape index (κ2) is 8.06. The molecule has 0 aliphatic rings. The van der Waals surface area contributed by atoms with Gasteiger partial charge in [-0.3, -0.25) is 0 Å². The molecule has 3 heterocycles. The zero-order valence-corrected chi connectivity index (χ0v) is 18.6. The van der Waals surface area contributed by atoms with Crippen LogP contribution in [-0.4, -0.2) is 25.4 Å². The highest BCUT2D eigenvalue weighted by atomic mass is 16.5. The van der Waals surface area contributed by atoms with Gasteiger partial charge in [0, 0.05) is 11.9 Å². The fourth-order valence-electron chi connectivity index (χ4n) is 4.17. The van der Waals surface area contributed by atoms with Crippen LogP contribution < -0.4 is 4.74 Å². The van der Waals surface area contributed by atoms with Crippen LogP contribution >= 0.6 is 0 Å². The van der Waals surface area contributed by atoms with E-state index in [1.54, 1.807) is 6.07 Å². The summed E-state index contributed by atoms with van der Waals surface area (Å²) in [6.45, 7) is 5.82. The lowest BCUT2D eigenvalue weighted by atomic mass is 10.0. The first-order valence-electron chi connectivity index (χ1n) is 10.8. The van der Waals surface area contributed by atoms with Gasteiger partial charge in [-0.1, -0.05) is 42.5 Å². The third-order valence-electron chi connectivity index (χ3n) is 5.94. The molecule has 0 amide bonds. The van der Waals surface area contributed by atoms with Crippen molar-refractivity contribution >= 4 is 22.5 Å². The molecule has 5 aromatic rings. The van der Waals surface area contributed by atoms with Crippen molar-refractivity contribution < 1.29 is 14.6 Å². The van der Waals surface area contributed by atoms with Crippen LogP contribution in [0.4, 0.5) is 0 Å². The van der Waals surface area contributed by atoms with Crippen molar-refractivity contribution in [3.63, 3.8) is 0 Å². The van der Waals surface area contributed by atoms with Gasteiger partial charge in [-0.05, 0) is 56.2 Å². The molecule has 33 heavy (non-hydrogen) atoms. The van der Waals surface area contributed by atoms with E-state index in [4.69, 9.17) is 14.7 Å². The molecular weight excluding hydrogens is 414 g/mol. The SMILES string of the molecule is Cc1ccc(O[C@@H](C)c2ccccc2)c2c(C(=O)O)cc(-c3nc4ccccn4c3C)nc12. The molecule has 0 saturated carbocycles. The van der Waals surface area contributed by atoms with Gasteiger partial charge in [-0.15, -0.1) is 0 Å². The number of hydrogen-bond donors (Lipinski definition) is 1. The van der Waals surface area contributed by atoms with E-state index in [9.17, 15) is 9.90 Å². The molecular formula is C27H23N3O3. The average Bonchev–Trinajstić information content (AvgIpc) is 3.17. The summed E-state index contributed by atoms with van der Waals surface area (Å²) in [5.74, 6) is -0.539. The number of carboxylic acid groups (broad SMARTS) is 1. The first-order chi connectivity index (χ1) is 15.9. The summed E-state index contributed by atoms with van der Waals surface area (Å²) in [7, 11) is 0. The number of rotatable bonds is 5. The molecule has 0 fully saturated rings. The molecule has 0 radical (unpaired) electrons. The zero-order valence-electron chi connectivity index (χ0n) is 18.6. The molecule has 0 aliphatic heterocycles. The number of aromatic carboxylic acids is 1. The van der Waals surface area contributed by atoms with Crippen molar-refractivity contribution in [2.45, 2.75) is 26.9 Å². The number of pyridine rings is 2. The van der Waals surface area contributed by atoms with Crippen molar-refractivity contribution in [2.75, 3.05) is 0 Å². The van der Waals surface area contributed by atoms with E-state index in [0.29, 0.717) is 28.0 Å². The number of nitrogens with zero attached hydrogens (tertiary/aromatic N) is 3. The van der Waals surface area contributed by atoms with Gasteiger partial charge in [0.25, 0.3) is 0 Å². The van der Waals surface area contributed by atoms with Crippen molar-refractivity contribution in [1.29, 1.82) is 0 Å². The van der Waals surface area contributed by atoms with E-state index in [1.165, 1.54) is 0 Å². The molecule has 0 bridgehead atoms. The molecule has 2 aromatic carbocycles. The van der Waals surface area contributed by atoms with Gasteiger partial charge >= 0.3 is 5.97 Å². The summed E-state index contributed by atoms with van der Waals surface area (Å²) in [6, 6.07) is 20.9. The zero-order chi connectivity index (χ0) is 23.1. The van der Waals surface area contributed by atoms with Gasteiger partial charge in [0.1, 0.15) is 23.2 Å². The van der Waals surface area contributed by atoms with Gasteiger partial charge < -0.3 is 14.2 Å². The van der Waals surface area contributed by atoms with Crippen molar-refractivity contribution in [3.8, 4) is 17.1 Å². The maximum absolute atomic E-state index is 12.4. The van der Waals surface area contributed by atoms with Crippen LogP contribution in [0.15, 0.2) is 72.9 Å². The Hall–Kier alpha value is -4.19. The first kappa shape index (κ1) is 20.7. The van der Waals surface area contributed by atoms with E-state index in [0.717, 1.165) is 22.5 Å². The molecule has 0 saturated heterocycles. The minimum Gasteiger partial charge on any atom is -0.485 e. The Labute approximate surface area is 191 Å². The molecule has 164 valence electrons. The van der Waals surface area contributed by atoms with E-state index in [2.05, 4.69) is 0 Å². The Bertz CT molecular complexity index is 1510. The maximum atomic E-state index is 12.4. The van der Waals surface area contributed by atoms with Gasteiger partial charge in [0.05, 0.1) is 22.2 Å². The topological polar surface area (TPSA) is 76.7 Å². The molecule has 3 aromatic heterocycles. The second-order valence-electron chi connectivity index (χ2n) is 8.11. The summed E-state index contributed by atoms with van der Waals surface area (Å²) in [4.78, 5) is 21.9. The van der Waals surface area contributed by atoms with Crippen molar-refractivity contribution in [3.05, 3.63) is 95.3 Å². The van der Waals surface area contributed by atoms with Crippen LogP contribution in [0.1, 0.15) is 40.2 Å². The molecule has 0 aliphatic carbocycles. The van der Waals surface area contributed by atoms with Gasteiger partial charge in [0.2, 0.25) is 0 Å². The Kier molecular flexibility index (Phi) is 5.05. The number of ether oxygens (including phenoxy) is 1. The molecule has 0 unspecified atom stereocenters. The number of hydrogen-bond acceptors (Lipinski definition) is 4. The lowest BCUT2D eigenvalue weighted by molar-refractivity contribution is 0.0698. The number of aryl methyl sites for hydroxylation is 2. The van der Waals surface area contributed by atoms with E-state index in [1.807, 2.05) is 92.0 Å². The smallest absolute Gasteiger partial charge is 0.336 e. The summed E-state index contributed by atoms with van der Waals surface area (Å²) in [5, 5.41) is 10.6. The molecule has 6 nitrogen and oxygen atoms in total. The van der Waals surface area contributed by atoms with Crippen molar-refractivity contribution in [2.24, 2.45) is 0 Å². The van der Waals surface area contributed by atoms with Crippen LogP contribution in [-0.2, 0) is 0 Å². The first-order valence-corrected chi connectivity index (χ1v) is 10.8. The third kappa shape index (κ3) is 3.59. The Morgan fingerprint density at radius 1 is 1.00 bits per heavy atom. The van der Waals surface area contributed by atoms with Gasteiger partial charge in [-0.2, -0.15) is 0 Å². The number of imidazole rings is 1. The van der Waals surface area contributed by atoms with E-state index < -0.39 is 5.97 Å². The molecule has 6 heteroatoms. The fraction of sp³-hybridized carbons (Fsp3) is 0.148. The predicted molar refractivity (Wildman–Crippen MR) is 128 cm³/mol. The minimum atomic E-state index is -1.03.